The van der Waals surface area contributed by atoms with E-state index in [9.17, 15) is 19.2 Å². The first-order valence-electron chi connectivity index (χ1n) is 15.6. The number of aldehydes is 1. The van der Waals surface area contributed by atoms with Gasteiger partial charge in [0.1, 0.15) is 17.6 Å². The molecule has 2 aromatic carbocycles. The number of ether oxygens (including phenoxy) is 2. The summed E-state index contributed by atoms with van der Waals surface area (Å²) in [5, 5.41) is 8.36. The molecule has 240 valence electrons. The minimum atomic E-state index is -0.678. The molecule has 0 saturated carbocycles. The normalized spacial score (nSPS) is 19.8. The average Bonchev–Trinajstić information content (AvgIpc) is 3.65. The standard InChI is InChI=1S/C23H24N4O3.C11H19NO3/c1-26-7-9-27(10-8-26)23(29)19-13-15(12-16-6-11-30-21(16)19)14-20-17-4-2-3-5-18(17)22(28)25-24-20;1-10(2,3)15-9(14)12-7-5-6-11(12,4)8-13/h2-5,12-13H,6-11,14H2,1H3,(H,25,28);8H,5-7H2,1-4H3. The minimum absolute atomic E-state index is 0.0300. The van der Waals surface area contributed by atoms with Crippen molar-refractivity contribution in [3.8, 4) is 5.75 Å². The summed E-state index contributed by atoms with van der Waals surface area (Å²) in [7, 11) is 2.07. The van der Waals surface area contributed by atoms with Crippen LogP contribution < -0.4 is 10.3 Å². The molecular formula is C34H43N5O6. The Morgan fingerprint density at radius 3 is 2.49 bits per heavy atom. The van der Waals surface area contributed by atoms with Crippen molar-refractivity contribution < 1.29 is 23.9 Å². The van der Waals surface area contributed by atoms with E-state index in [0.717, 1.165) is 79.7 Å². The Bertz CT molecular complexity index is 1640. The van der Waals surface area contributed by atoms with Crippen molar-refractivity contribution in [1.29, 1.82) is 0 Å². The number of amides is 2. The van der Waals surface area contributed by atoms with Gasteiger partial charge in [-0.15, -0.1) is 0 Å². The Balaban J connectivity index is 0.000000226. The van der Waals surface area contributed by atoms with Gasteiger partial charge in [0.15, 0.2) is 0 Å². The number of rotatable bonds is 4. The molecule has 1 aromatic heterocycles. The second kappa shape index (κ2) is 13.0. The predicted molar refractivity (Wildman–Crippen MR) is 171 cm³/mol. The number of aromatic nitrogens is 2. The van der Waals surface area contributed by atoms with Gasteiger partial charge in [-0.1, -0.05) is 24.3 Å². The number of nitrogens with zero attached hydrogens (tertiary/aromatic N) is 4. The maximum absolute atomic E-state index is 13.3. The summed E-state index contributed by atoms with van der Waals surface area (Å²) in [6, 6.07) is 11.5. The zero-order valence-electron chi connectivity index (χ0n) is 26.9. The van der Waals surface area contributed by atoms with Crippen LogP contribution in [0.2, 0.25) is 0 Å². The first-order valence-corrected chi connectivity index (χ1v) is 15.6. The Hall–Kier alpha value is -4.25. The summed E-state index contributed by atoms with van der Waals surface area (Å²) in [5.74, 6) is 0.754. The third-order valence-electron chi connectivity index (χ3n) is 8.56. The molecule has 4 heterocycles. The number of aromatic amines is 1. The maximum atomic E-state index is 13.3. The second-order valence-corrected chi connectivity index (χ2v) is 13.3. The molecule has 2 fully saturated rings. The van der Waals surface area contributed by atoms with Crippen LogP contribution in [0.25, 0.3) is 10.8 Å². The van der Waals surface area contributed by atoms with Crippen LogP contribution in [-0.4, -0.2) is 101 Å². The Labute approximate surface area is 263 Å². The first kappa shape index (κ1) is 32.2. The maximum Gasteiger partial charge on any atom is 0.411 e. The zero-order valence-corrected chi connectivity index (χ0v) is 26.9. The van der Waals surface area contributed by atoms with E-state index in [4.69, 9.17) is 9.47 Å². The largest absolute Gasteiger partial charge is 0.492 e. The number of fused-ring (bicyclic) bond motifs is 2. The fourth-order valence-corrected chi connectivity index (χ4v) is 6.04. The van der Waals surface area contributed by atoms with E-state index in [1.807, 2.05) is 49.9 Å². The lowest BCUT2D eigenvalue weighted by atomic mass is 9.98. The molecule has 3 aliphatic heterocycles. The SMILES string of the molecule is CC(C)(C)OC(=O)N1CCCC1(C)C=O.CN1CCN(C(=O)c2cc(Cc3n[nH]c(=O)c4ccccc34)cc3c2OCC3)CC1. The molecule has 0 radical (unpaired) electrons. The summed E-state index contributed by atoms with van der Waals surface area (Å²) in [5.41, 5.74) is 2.12. The molecule has 2 amide bonds. The molecule has 0 bridgehead atoms. The van der Waals surface area contributed by atoms with Crippen molar-refractivity contribution in [2.45, 2.75) is 64.5 Å². The summed E-state index contributed by atoms with van der Waals surface area (Å²) in [6.07, 6.45) is 3.35. The molecule has 1 unspecified atom stereocenters. The fraction of sp³-hybridized carbons (Fsp3) is 0.500. The van der Waals surface area contributed by atoms with Crippen molar-refractivity contribution in [2.24, 2.45) is 0 Å². The highest BCUT2D eigenvalue weighted by Crippen LogP contribution is 2.33. The molecule has 6 rings (SSSR count). The van der Waals surface area contributed by atoms with Crippen LogP contribution in [-0.2, 0) is 22.4 Å². The van der Waals surface area contributed by atoms with Crippen LogP contribution in [0.1, 0.15) is 67.7 Å². The number of likely N-dealkylation sites (N-methyl/N-ethyl adjacent to an activating group) is 1. The molecule has 45 heavy (non-hydrogen) atoms. The number of carbonyl (C=O) groups excluding carboxylic acids is 3. The summed E-state index contributed by atoms with van der Waals surface area (Å²) < 4.78 is 11.1. The summed E-state index contributed by atoms with van der Waals surface area (Å²) in [6.45, 7) is 11.6. The smallest absolute Gasteiger partial charge is 0.411 e. The highest BCUT2D eigenvalue weighted by molar-refractivity contribution is 5.98. The Kier molecular flexibility index (Phi) is 9.29. The third-order valence-corrected chi connectivity index (χ3v) is 8.56. The molecule has 1 N–H and O–H groups in total. The van der Waals surface area contributed by atoms with E-state index in [-0.39, 0.29) is 11.5 Å². The van der Waals surface area contributed by atoms with Gasteiger partial charge in [0.25, 0.3) is 11.5 Å². The van der Waals surface area contributed by atoms with Gasteiger partial charge in [-0.25, -0.2) is 9.89 Å². The van der Waals surface area contributed by atoms with Crippen molar-refractivity contribution in [3.63, 3.8) is 0 Å². The second-order valence-electron chi connectivity index (χ2n) is 13.3. The van der Waals surface area contributed by atoms with Crippen LogP contribution >= 0.6 is 0 Å². The van der Waals surface area contributed by atoms with Crippen molar-refractivity contribution >= 4 is 29.1 Å². The van der Waals surface area contributed by atoms with Gasteiger partial charge in [-0.3, -0.25) is 14.5 Å². The average molecular weight is 618 g/mol. The molecular weight excluding hydrogens is 574 g/mol. The molecule has 3 aromatic rings. The summed E-state index contributed by atoms with van der Waals surface area (Å²) in [4.78, 5) is 53.8. The van der Waals surface area contributed by atoms with Crippen LogP contribution in [0, 0.1) is 0 Å². The Morgan fingerprint density at radius 2 is 1.80 bits per heavy atom. The van der Waals surface area contributed by atoms with Crippen LogP contribution in [0.15, 0.2) is 41.2 Å². The van der Waals surface area contributed by atoms with Gasteiger partial charge in [0.05, 0.1) is 28.8 Å². The predicted octanol–water partition coefficient (Wildman–Crippen LogP) is 3.81. The highest BCUT2D eigenvalue weighted by Gasteiger charge is 2.41. The van der Waals surface area contributed by atoms with Crippen molar-refractivity contribution in [1.82, 2.24) is 24.9 Å². The molecule has 0 spiro atoms. The highest BCUT2D eigenvalue weighted by atomic mass is 16.6. The lowest BCUT2D eigenvalue weighted by Gasteiger charge is -2.32. The number of piperazine rings is 1. The van der Waals surface area contributed by atoms with Crippen molar-refractivity contribution in [2.75, 3.05) is 46.4 Å². The first-order chi connectivity index (χ1) is 21.4. The van der Waals surface area contributed by atoms with Crippen LogP contribution in [0.4, 0.5) is 4.79 Å². The number of hydrogen-bond donors (Lipinski definition) is 1. The van der Waals surface area contributed by atoms with E-state index >= 15 is 0 Å². The number of hydrogen-bond acceptors (Lipinski definition) is 8. The molecule has 11 heteroatoms. The molecule has 0 aliphatic carbocycles. The summed E-state index contributed by atoms with van der Waals surface area (Å²) >= 11 is 0. The van der Waals surface area contributed by atoms with E-state index in [2.05, 4.69) is 28.2 Å². The quantitative estimate of drug-likeness (QED) is 0.439. The number of likely N-dealkylation sites (tertiary alicyclic amines) is 1. The van der Waals surface area contributed by atoms with Gasteiger partial charge in [-0.2, -0.15) is 5.10 Å². The minimum Gasteiger partial charge on any atom is -0.492 e. The molecule has 3 aliphatic rings. The third kappa shape index (κ3) is 7.19. The lowest BCUT2D eigenvalue weighted by Crippen LogP contribution is -2.48. The number of carbonyl (C=O) groups is 3. The van der Waals surface area contributed by atoms with E-state index in [1.165, 1.54) is 4.90 Å². The van der Waals surface area contributed by atoms with E-state index in [1.54, 1.807) is 13.0 Å². The van der Waals surface area contributed by atoms with Gasteiger partial charge >= 0.3 is 6.09 Å². The van der Waals surface area contributed by atoms with Gasteiger partial charge in [0, 0.05) is 51.0 Å². The van der Waals surface area contributed by atoms with Gasteiger partial charge in [0.2, 0.25) is 0 Å². The molecule has 1 atom stereocenters. The van der Waals surface area contributed by atoms with Crippen LogP contribution in [0.5, 0.6) is 5.75 Å². The number of benzene rings is 2. The topological polar surface area (TPSA) is 125 Å². The van der Waals surface area contributed by atoms with Crippen LogP contribution in [0.3, 0.4) is 0 Å². The van der Waals surface area contributed by atoms with Gasteiger partial charge in [-0.05, 0) is 70.8 Å². The lowest BCUT2D eigenvalue weighted by molar-refractivity contribution is -0.116. The number of nitrogens with one attached hydrogen (secondary N) is 1. The molecule has 2 saturated heterocycles. The Morgan fingerprint density at radius 1 is 1.09 bits per heavy atom. The fourth-order valence-electron chi connectivity index (χ4n) is 6.04. The number of H-pyrrole nitrogens is 1. The monoisotopic (exact) mass is 617 g/mol. The van der Waals surface area contributed by atoms with E-state index < -0.39 is 17.2 Å². The van der Waals surface area contributed by atoms with Gasteiger partial charge < -0.3 is 24.1 Å². The van der Waals surface area contributed by atoms with Crippen molar-refractivity contribution in [3.05, 3.63) is 69.1 Å². The zero-order chi connectivity index (χ0) is 32.4. The van der Waals surface area contributed by atoms with E-state index in [0.29, 0.717) is 30.5 Å². The molecule has 11 nitrogen and oxygen atoms in total.